The monoisotopic (exact) mass is 290 g/mol. The molecule has 1 aliphatic rings. The van der Waals surface area contributed by atoms with E-state index in [2.05, 4.69) is 24.8 Å². The Kier molecular flexibility index (Phi) is 5.37. The Bertz CT molecular complexity index is 485. The molecule has 1 aromatic carbocycles. The number of nitrogens with zero attached hydrogens (tertiary/aromatic N) is 2. The Balaban J connectivity index is 1.93. The molecule has 0 aliphatic carbocycles. The first-order valence-electron chi connectivity index (χ1n) is 7.79. The molecule has 21 heavy (non-hydrogen) atoms. The van der Waals surface area contributed by atoms with E-state index in [1.54, 1.807) is 6.92 Å². The molecule has 1 amide bonds. The molecule has 4 nitrogen and oxygen atoms in total. The first-order valence-corrected chi connectivity index (χ1v) is 7.79. The van der Waals surface area contributed by atoms with Crippen molar-refractivity contribution in [3.8, 4) is 0 Å². The minimum Gasteiger partial charge on any atom is -0.392 e. The van der Waals surface area contributed by atoms with Crippen LogP contribution in [0.3, 0.4) is 0 Å². The first-order chi connectivity index (χ1) is 9.99. The van der Waals surface area contributed by atoms with Crippen molar-refractivity contribution in [1.82, 2.24) is 4.90 Å². The Morgan fingerprint density at radius 3 is 2.71 bits per heavy atom. The summed E-state index contributed by atoms with van der Waals surface area (Å²) < 4.78 is 0. The highest BCUT2D eigenvalue weighted by atomic mass is 16.3. The van der Waals surface area contributed by atoms with E-state index in [9.17, 15) is 9.90 Å². The number of anilines is 1. The van der Waals surface area contributed by atoms with Gasteiger partial charge in [0.05, 0.1) is 6.10 Å². The van der Waals surface area contributed by atoms with Gasteiger partial charge in [-0.15, -0.1) is 0 Å². The highest BCUT2D eigenvalue weighted by Gasteiger charge is 2.24. The summed E-state index contributed by atoms with van der Waals surface area (Å²) in [6, 6.07) is 8.46. The van der Waals surface area contributed by atoms with Gasteiger partial charge in [0.15, 0.2) is 0 Å². The molecule has 0 saturated carbocycles. The average molecular weight is 290 g/mol. The highest BCUT2D eigenvalue weighted by Crippen LogP contribution is 2.27. The number of aliphatic hydroxyl groups is 1. The van der Waals surface area contributed by atoms with Crippen LogP contribution in [0.2, 0.25) is 0 Å². The summed E-state index contributed by atoms with van der Waals surface area (Å²) >= 11 is 0. The number of hydrogen-bond donors (Lipinski definition) is 1. The van der Waals surface area contributed by atoms with E-state index < -0.39 is 0 Å². The molecular formula is C17H26N2O2. The van der Waals surface area contributed by atoms with E-state index >= 15 is 0 Å². The second-order valence-corrected chi connectivity index (χ2v) is 6.11. The zero-order valence-corrected chi connectivity index (χ0v) is 13.2. The van der Waals surface area contributed by atoms with Gasteiger partial charge in [-0.25, -0.2) is 0 Å². The molecule has 0 saturated heterocycles. The third kappa shape index (κ3) is 4.05. The fraction of sp³-hybridized carbons (Fsp3) is 0.588. The van der Waals surface area contributed by atoms with Crippen molar-refractivity contribution in [3.63, 3.8) is 0 Å². The Labute approximate surface area is 127 Å². The molecular weight excluding hydrogens is 264 g/mol. The average Bonchev–Trinajstić information content (AvgIpc) is 2.86. The van der Waals surface area contributed by atoms with E-state index in [1.165, 1.54) is 5.56 Å². The van der Waals surface area contributed by atoms with Crippen LogP contribution in [0.5, 0.6) is 0 Å². The van der Waals surface area contributed by atoms with Crippen LogP contribution in [0.4, 0.5) is 5.69 Å². The molecule has 4 heteroatoms. The summed E-state index contributed by atoms with van der Waals surface area (Å²) in [6.07, 6.45) is 1.08. The molecule has 0 bridgehead atoms. The number of hydrogen-bond acceptors (Lipinski definition) is 3. The van der Waals surface area contributed by atoms with E-state index in [1.807, 2.05) is 23.1 Å². The Hall–Kier alpha value is -1.39. The van der Waals surface area contributed by atoms with E-state index in [4.69, 9.17) is 0 Å². The number of rotatable bonds is 6. The highest BCUT2D eigenvalue weighted by molar-refractivity contribution is 5.95. The van der Waals surface area contributed by atoms with Crippen LogP contribution in [-0.4, -0.2) is 47.7 Å². The maximum absolute atomic E-state index is 12.5. The molecule has 0 aromatic heterocycles. The lowest BCUT2D eigenvalue weighted by Gasteiger charge is -2.28. The molecule has 1 N–H and O–H groups in total. The molecule has 2 rings (SSSR count). The van der Waals surface area contributed by atoms with Crippen LogP contribution in [0.25, 0.3) is 0 Å². The maximum Gasteiger partial charge on any atom is 0.228 e. The van der Waals surface area contributed by atoms with Gasteiger partial charge in [-0.2, -0.15) is 0 Å². The van der Waals surface area contributed by atoms with Crippen molar-refractivity contribution in [2.24, 2.45) is 0 Å². The smallest absolute Gasteiger partial charge is 0.228 e. The number of carbonyl (C=O) groups excluding carboxylic acids is 1. The summed E-state index contributed by atoms with van der Waals surface area (Å²) in [6.45, 7) is 8.07. The van der Waals surface area contributed by atoms with Crippen LogP contribution in [0, 0.1) is 0 Å². The SMILES string of the molecule is CC(O)CN(CCC(=O)N1CCc2ccccc21)C(C)C. The molecule has 0 spiro atoms. The summed E-state index contributed by atoms with van der Waals surface area (Å²) in [7, 11) is 0. The van der Waals surface area contributed by atoms with Gasteiger partial charge in [0.25, 0.3) is 0 Å². The summed E-state index contributed by atoms with van der Waals surface area (Å²) in [5.74, 6) is 0.177. The molecule has 1 aromatic rings. The fourth-order valence-electron chi connectivity index (χ4n) is 2.87. The van der Waals surface area contributed by atoms with Gasteiger partial charge in [0.2, 0.25) is 5.91 Å². The predicted molar refractivity (Wildman–Crippen MR) is 85.5 cm³/mol. The van der Waals surface area contributed by atoms with E-state index in [0.29, 0.717) is 25.6 Å². The van der Waals surface area contributed by atoms with Crippen LogP contribution in [0.1, 0.15) is 32.8 Å². The van der Waals surface area contributed by atoms with Gasteiger partial charge in [0, 0.05) is 37.8 Å². The van der Waals surface area contributed by atoms with Crippen LogP contribution >= 0.6 is 0 Å². The molecule has 0 fully saturated rings. The second-order valence-electron chi connectivity index (χ2n) is 6.11. The summed E-state index contributed by atoms with van der Waals surface area (Å²) in [5, 5.41) is 9.54. The molecule has 1 atom stereocenters. The summed E-state index contributed by atoms with van der Waals surface area (Å²) in [5.41, 5.74) is 2.32. The maximum atomic E-state index is 12.5. The van der Waals surface area contributed by atoms with Crippen molar-refractivity contribution < 1.29 is 9.90 Å². The standard InChI is InChI=1S/C17H26N2O2/c1-13(2)18(12-14(3)20)10-9-17(21)19-11-8-15-6-4-5-7-16(15)19/h4-7,13-14,20H,8-12H2,1-3H3. The molecule has 1 unspecified atom stereocenters. The normalized spacial score (nSPS) is 15.6. The Morgan fingerprint density at radius 2 is 2.05 bits per heavy atom. The number of fused-ring (bicyclic) bond motifs is 1. The lowest BCUT2D eigenvalue weighted by molar-refractivity contribution is -0.119. The van der Waals surface area contributed by atoms with Crippen LogP contribution < -0.4 is 4.90 Å². The molecule has 0 radical (unpaired) electrons. The van der Waals surface area contributed by atoms with Crippen molar-refractivity contribution in [3.05, 3.63) is 29.8 Å². The molecule has 1 aliphatic heterocycles. The largest absolute Gasteiger partial charge is 0.392 e. The van der Waals surface area contributed by atoms with Crippen molar-refractivity contribution in [2.45, 2.75) is 45.8 Å². The number of para-hydroxylation sites is 1. The number of amides is 1. The van der Waals surface area contributed by atoms with Gasteiger partial charge in [-0.1, -0.05) is 18.2 Å². The number of carbonyl (C=O) groups is 1. The lowest BCUT2D eigenvalue weighted by atomic mass is 10.2. The van der Waals surface area contributed by atoms with Gasteiger partial charge in [0.1, 0.15) is 0 Å². The third-order valence-corrected chi connectivity index (χ3v) is 4.03. The molecule has 116 valence electrons. The first kappa shape index (κ1) is 16.0. The predicted octanol–water partition coefficient (Wildman–Crippen LogP) is 2.06. The van der Waals surface area contributed by atoms with E-state index in [-0.39, 0.29) is 12.0 Å². The fourth-order valence-corrected chi connectivity index (χ4v) is 2.87. The van der Waals surface area contributed by atoms with Crippen LogP contribution in [-0.2, 0) is 11.2 Å². The van der Waals surface area contributed by atoms with Gasteiger partial charge < -0.3 is 10.0 Å². The van der Waals surface area contributed by atoms with Gasteiger partial charge >= 0.3 is 0 Å². The summed E-state index contributed by atoms with van der Waals surface area (Å²) in [4.78, 5) is 16.5. The van der Waals surface area contributed by atoms with Crippen molar-refractivity contribution in [1.29, 1.82) is 0 Å². The van der Waals surface area contributed by atoms with Crippen LogP contribution in [0.15, 0.2) is 24.3 Å². The topological polar surface area (TPSA) is 43.8 Å². The zero-order valence-electron chi connectivity index (χ0n) is 13.2. The van der Waals surface area contributed by atoms with E-state index in [0.717, 1.165) is 18.7 Å². The molecule has 1 heterocycles. The van der Waals surface area contributed by atoms with Gasteiger partial charge in [-0.3, -0.25) is 9.69 Å². The number of benzene rings is 1. The minimum absolute atomic E-state index is 0.177. The second kappa shape index (κ2) is 7.05. The zero-order chi connectivity index (χ0) is 15.4. The lowest BCUT2D eigenvalue weighted by Crippen LogP contribution is -2.40. The Morgan fingerprint density at radius 1 is 1.33 bits per heavy atom. The van der Waals surface area contributed by atoms with Crippen molar-refractivity contribution in [2.75, 3.05) is 24.5 Å². The quantitative estimate of drug-likeness (QED) is 0.872. The number of aliphatic hydroxyl groups excluding tert-OH is 1. The minimum atomic E-state index is -0.366. The van der Waals surface area contributed by atoms with Crippen molar-refractivity contribution >= 4 is 11.6 Å². The third-order valence-electron chi connectivity index (χ3n) is 4.03. The van der Waals surface area contributed by atoms with Gasteiger partial charge in [-0.05, 0) is 38.8 Å².